The molecular weight excluding hydrogens is 434 g/mol. The Bertz CT molecular complexity index is 1300. The molecule has 178 valence electrons. The monoisotopic (exact) mass is 463 g/mol. The molecule has 4 heterocycles. The van der Waals surface area contributed by atoms with Gasteiger partial charge in [0, 0.05) is 25.1 Å². The number of ether oxygens (including phenoxy) is 3. The number of rotatable bonds is 6. The van der Waals surface area contributed by atoms with Crippen LogP contribution < -0.4 is 15.8 Å². The molecule has 9 heteroatoms. The van der Waals surface area contributed by atoms with Gasteiger partial charge in [0.2, 0.25) is 5.88 Å². The van der Waals surface area contributed by atoms with Gasteiger partial charge >= 0.3 is 5.97 Å². The lowest BCUT2D eigenvalue weighted by Crippen LogP contribution is -2.46. The lowest BCUT2D eigenvalue weighted by Gasteiger charge is -2.39. The molecule has 3 aromatic rings. The number of esters is 1. The number of cyclic esters (lactones) is 1. The number of anilines is 2. The highest BCUT2D eigenvalue weighted by Gasteiger charge is 2.63. The molecule has 1 spiro atoms. The van der Waals surface area contributed by atoms with Crippen molar-refractivity contribution in [1.82, 2.24) is 15.0 Å². The fraction of sp³-hybridized carbons (Fsp3) is 0.440. The third kappa shape index (κ3) is 3.38. The molecule has 1 aliphatic heterocycles. The standard InChI is InChI=1S/C25H29N5O4/c1-23(2)25(8-9-25)20-14(22(31)34-23)6-7-18(30-20)29-19-10-15-16(11-27-19)21(33-5)28-12-17(15)24(3,26)13-32-4/h6-7,10-12H,8-9,13,26H2,1-5H3,(H,27,29,30). The van der Waals surface area contributed by atoms with Gasteiger partial charge in [-0.05, 0) is 57.2 Å². The van der Waals surface area contributed by atoms with E-state index >= 15 is 0 Å². The zero-order chi connectivity index (χ0) is 24.3. The number of nitrogens with zero attached hydrogens (tertiary/aromatic N) is 3. The van der Waals surface area contributed by atoms with Crippen molar-refractivity contribution in [2.45, 2.75) is 50.2 Å². The number of carbonyl (C=O) groups excluding carboxylic acids is 1. The first-order valence-electron chi connectivity index (χ1n) is 11.2. The molecule has 1 atom stereocenters. The number of carbonyl (C=O) groups is 1. The second-order valence-electron chi connectivity index (χ2n) is 9.85. The first-order valence-corrected chi connectivity index (χ1v) is 11.2. The number of hydrogen-bond acceptors (Lipinski definition) is 9. The van der Waals surface area contributed by atoms with Crippen LogP contribution in [0.3, 0.4) is 0 Å². The Labute approximate surface area is 198 Å². The van der Waals surface area contributed by atoms with Crippen LogP contribution in [0.4, 0.5) is 11.6 Å². The Morgan fingerprint density at radius 2 is 1.91 bits per heavy atom. The summed E-state index contributed by atoms with van der Waals surface area (Å²) >= 11 is 0. The molecule has 3 N–H and O–H groups in total. The maximum atomic E-state index is 12.5. The van der Waals surface area contributed by atoms with Gasteiger partial charge in [-0.2, -0.15) is 0 Å². The highest BCUT2D eigenvalue weighted by atomic mass is 16.6. The van der Waals surface area contributed by atoms with E-state index in [2.05, 4.69) is 15.3 Å². The van der Waals surface area contributed by atoms with Crippen molar-refractivity contribution in [3.05, 3.63) is 47.4 Å². The van der Waals surface area contributed by atoms with Gasteiger partial charge in [-0.1, -0.05) is 0 Å². The van der Waals surface area contributed by atoms with Gasteiger partial charge in [0.25, 0.3) is 0 Å². The van der Waals surface area contributed by atoms with Crippen molar-refractivity contribution in [2.75, 3.05) is 26.1 Å². The third-order valence-electron chi connectivity index (χ3n) is 7.06. The molecule has 5 rings (SSSR count). The Morgan fingerprint density at radius 1 is 1.15 bits per heavy atom. The van der Waals surface area contributed by atoms with Crippen molar-refractivity contribution in [3.63, 3.8) is 0 Å². The average Bonchev–Trinajstić information content (AvgIpc) is 3.59. The van der Waals surface area contributed by atoms with Crippen molar-refractivity contribution < 1.29 is 19.0 Å². The van der Waals surface area contributed by atoms with Gasteiger partial charge in [-0.15, -0.1) is 0 Å². The van der Waals surface area contributed by atoms with Crippen molar-refractivity contribution in [2.24, 2.45) is 5.73 Å². The van der Waals surface area contributed by atoms with Crippen LogP contribution in [0.25, 0.3) is 10.8 Å². The molecule has 0 radical (unpaired) electrons. The van der Waals surface area contributed by atoms with E-state index in [9.17, 15) is 4.79 Å². The second kappa shape index (κ2) is 7.61. The molecule has 1 aliphatic carbocycles. The fourth-order valence-electron chi connectivity index (χ4n) is 5.00. The molecule has 1 fully saturated rings. The Balaban J connectivity index is 1.56. The van der Waals surface area contributed by atoms with Gasteiger partial charge in [0.1, 0.15) is 17.2 Å². The number of hydrogen-bond donors (Lipinski definition) is 2. The first kappa shape index (κ1) is 22.5. The lowest BCUT2D eigenvalue weighted by atomic mass is 9.80. The molecule has 1 saturated carbocycles. The minimum absolute atomic E-state index is 0.238. The van der Waals surface area contributed by atoms with E-state index in [1.807, 2.05) is 26.8 Å². The normalized spacial score (nSPS) is 19.3. The predicted octanol–water partition coefficient (Wildman–Crippen LogP) is 3.58. The smallest absolute Gasteiger partial charge is 0.340 e. The van der Waals surface area contributed by atoms with Crippen LogP contribution in [0.15, 0.2) is 30.6 Å². The van der Waals surface area contributed by atoms with E-state index in [0.29, 0.717) is 29.7 Å². The van der Waals surface area contributed by atoms with E-state index in [4.69, 9.17) is 24.9 Å². The van der Waals surface area contributed by atoms with Crippen LogP contribution in [0.5, 0.6) is 5.88 Å². The van der Waals surface area contributed by atoms with Crippen molar-refractivity contribution in [1.29, 1.82) is 0 Å². The second-order valence-corrected chi connectivity index (χ2v) is 9.85. The topological polar surface area (TPSA) is 121 Å². The number of pyridine rings is 3. The quantitative estimate of drug-likeness (QED) is 0.528. The molecule has 9 nitrogen and oxygen atoms in total. The molecule has 2 aliphatic rings. The van der Waals surface area contributed by atoms with E-state index < -0.39 is 11.1 Å². The fourth-order valence-corrected chi connectivity index (χ4v) is 5.00. The van der Waals surface area contributed by atoms with Crippen LogP contribution in [-0.4, -0.2) is 47.3 Å². The third-order valence-corrected chi connectivity index (χ3v) is 7.06. The van der Waals surface area contributed by atoms with Gasteiger partial charge in [-0.25, -0.2) is 19.7 Å². The summed E-state index contributed by atoms with van der Waals surface area (Å²) in [4.78, 5) is 26.4. The Morgan fingerprint density at radius 3 is 2.59 bits per heavy atom. The van der Waals surface area contributed by atoms with Gasteiger partial charge in [0.05, 0.1) is 41.3 Å². The highest BCUT2D eigenvalue weighted by Crippen LogP contribution is 2.59. The maximum Gasteiger partial charge on any atom is 0.340 e. The summed E-state index contributed by atoms with van der Waals surface area (Å²) in [5.41, 5.74) is 7.11. The Kier molecular flexibility index (Phi) is 5.03. The maximum absolute atomic E-state index is 12.5. The van der Waals surface area contributed by atoms with Crippen LogP contribution in [-0.2, 0) is 20.4 Å². The molecule has 0 bridgehead atoms. The summed E-state index contributed by atoms with van der Waals surface area (Å²) in [5, 5.41) is 4.90. The summed E-state index contributed by atoms with van der Waals surface area (Å²) < 4.78 is 16.5. The summed E-state index contributed by atoms with van der Waals surface area (Å²) in [5.74, 6) is 1.34. The molecule has 0 aromatic carbocycles. The van der Waals surface area contributed by atoms with Gasteiger partial charge in [-0.3, -0.25) is 0 Å². The average molecular weight is 464 g/mol. The van der Waals surface area contributed by atoms with Gasteiger partial charge in [0.15, 0.2) is 0 Å². The first-order chi connectivity index (χ1) is 16.1. The summed E-state index contributed by atoms with van der Waals surface area (Å²) in [6.45, 7) is 6.13. The predicted molar refractivity (Wildman–Crippen MR) is 127 cm³/mol. The van der Waals surface area contributed by atoms with Crippen molar-refractivity contribution >= 4 is 28.4 Å². The zero-order valence-corrected chi connectivity index (χ0v) is 20.1. The number of aromatic nitrogens is 3. The minimum atomic E-state index is -0.765. The van der Waals surface area contributed by atoms with E-state index in [1.54, 1.807) is 38.7 Å². The molecular formula is C25H29N5O4. The molecule has 34 heavy (non-hydrogen) atoms. The largest absolute Gasteiger partial charge is 0.481 e. The van der Waals surface area contributed by atoms with E-state index in [1.165, 1.54) is 0 Å². The highest BCUT2D eigenvalue weighted by molar-refractivity contribution is 5.94. The van der Waals surface area contributed by atoms with Crippen molar-refractivity contribution in [3.8, 4) is 5.88 Å². The Hall–Kier alpha value is -3.30. The van der Waals surface area contributed by atoms with Crippen LogP contribution in [0, 0.1) is 0 Å². The number of methoxy groups -OCH3 is 2. The summed E-state index contributed by atoms with van der Waals surface area (Å²) in [6, 6.07) is 5.45. The van der Waals surface area contributed by atoms with Gasteiger partial charge < -0.3 is 25.3 Å². The van der Waals surface area contributed by atoms with E-state index in [0.717, 1.165) is 34.9 Å². The zero-order valence-electron chi connectivity index (χ0n) is 20.1. The van der Waals surface area contributed by atoms with Crippen LogP contribution in [0.1, 0.15) is 55.2 Å². The van der Waals surface area contributed by atoms with E-state index in [-0.39, 0.29) is 11.4 Å². The molecule has 0 saturated heterocycles. The summed E-state index contributed by atoms with van der Waals surface area (Å²) in [7, 11) is 3.19. The SMILES string of the molecule is COCC(C)(N)c1cnc(OC)c2cnc(Nc3ccc4c(n3)C3(CC3)C(C)(C)OC4=O)cc12. The minimum Gasteiger partial charge on any atom is -0.481 e. The summed E-state index contributed by atoms with van der Waals surface area (Å²) in [6.07, 6.45) is 5.30. The number of fused-ring (bicyclic) bond motifs is 3. The molecule has 3 aromatic heterocycles. The number of nitrogens with one attached hydrogen (secondary N) is 1. The lowest BCUT2D eigenvalue weighted by molar-refractivity contribution is -0.0285. The molecule has 1 unspecified atom stereocenters. The number of nitrogens with two attached hydrogens (primary N) is 1. The van der Waals surface area contributed by atoms with Crippen LogP contribution >= 0.6 is 0 Å². The van der Waals surface area contributed by atoms with Crippen LogP contribution in [0.2, 0.25) is 0 Å². The molecule has 0 amide bonds.